The number of nitrogens with one attached hydrogen (secondary N) is 1. The fraction of sp³-hybridized carbons (Fsp3) is 0.600. The van der Waals surface area contributed by atoms with Crippen molar-refractivity contribution in [3.8, 4) is 0 Å². The van der Waals surface area contributed by atoms with Crippen molar-refractivity contribution in [2.45, 2.75) is 38.6 Å². The van der Waals surface area contributed by atoms with Crippen LogP contribution in [0.1, 0.15) is 44.2 Å². The van der Waals surface area contributed by atoms with E-state index < -0.39 is 0 Å². The van der Waals surface area contributed by atoms with Gasteiger partial charge in [0.05, 0.1) is 0 Å². The van der Waals surface area contributed by atoms with Gasteiger partial charge in [0.15, 0.2) is 0 Å². The monoisotopic (exact) mass is 261 g/mol. The second-order valence-electron chi connectivity index (χ2n) is 5.15. The quantitative estimate of drug-likeness (QED) is 0.883. The molecule has 0 spiro atoms. The van der Waals surface area contributed by atoms with E-state index in [4.69, 9.17) is 0 Å². The first-order valence-corrected chi connectivity index (χ1v) is 7.18. The van der Waals surface area contributed by atoms with Crippen molar-refractivity contribution in [2.75, 3.05) is 19.6 Å². The van der Waals surface area contributed by atoms with Gasteiger partial charge < -0.3 is 10.2 Å². The molecule has 0 saturated carbocycles. The first kappa shape index (κ1) is 14.0. The van der Waals surface area contributed by atoms with Gasteiger partial charge in [-0.25, -0.2) is 0 Å². The number of aromatic nitrogens is 1. The Hall–Kier alpha value is -1.42. The Morgan fingerprint density at radius 1 is 1.42 bits per heavy atom. The van der Waals surface area contributed by atoms with Crippen LogP contribution < -0.4 is 5.32 Å². The van der Waals surface area contributed by atoms with E-state index >= 15 is 0 Å². The molecular formula is C15H23N3O. The SMILES string of the molecule is CC(NCCC(=O)N1CCCCC1)c1cccnc1. The average Bonchev–Trinajstić information content (AvgIpc) is 2.49. The zero-order chi connectivity index (χ0) is 13.5. The van der Waals surface area contributed by atoms with Crippen LogP contribution in [0.5, 0.6) is 0 Å². The maximum absolute atomic E-state index is 12.0. The van der Waals surface area contributed by atoms with Crippen LogP contribution in [0.15, 0.2) is 24.5 Å². The second-order valence-corrected chi connectivity index (χ2v) is 5.15. The van der Waals surface area contributed by atoms with Crippen molar-refractivity contribution >= 4 is 5.91 Å². The van der Waals surface area contributed by atoms with Gasteiger partial charge in [-0.15, -0.1) is 0 Å². The molecule has 104 valence electrons. The molecule has 2 rings (SSSR count). The van der Waals surface area contributed by atoms with Crippen LogP contribution in [-0.2, 0) is 4.79 Å². The molecule has 0 aliphatic carbocycles. The van der Waals surface area contributed by atoms with Gasteiger partial charge in [0.2, 0.25) is 5.91 Å². The number of nitrogens with zero attached hydrogens (tertiary/aromatic N) is 2. The molecule has 1 atom stereocenters. The summed E-state index contributed by atoms with van der Waals surface area (Å²) < 4.78 is 0. The molecule has 1 aliphatic heterocycles. The van der Waals surface area contributed by atoms with Gasteiger partial charge in [-0.2, -0.15) is 0 Å². The van der Waals surface area contributed by atoms with Crippen molar-refractivity contribution in [1.82, 2.24) is 15.2 Å². The molecule has 4 nitrogen and oxygen atoms in total. The number of pyridine rings is 1. The highest BCUT2D eigenvalue weighted by molar-refractivity contribution is 5.76. The first-order valence-electron chi connectivity index (χ1n) is 7.18. The molecule has 1 aliphatic rings. The Kier molecular flexibility index (Phi) is 5.33. The number of hydrogen-bond acceptors (Lipinski definition) is 3. The molecule has 0 bridgehead atoms. The Labute approximate surface area is 115 Å². The number of piperidine rings is 1. The van der Waals surface area contributed by atoms with Crippen LogP contribution in [-0.4, -0.2) is 35.4 Å². The van der Waals surface area contributed by atoms with Crippen molar-refractivity contribution in [3.63, 3.8) is 0 Å². The largest absolute Gasteiger partial charge is 0.343 e. The number of carbonyl (C=O) groups is 1. The summed E-state index contributed by atoms with van der Waals surface area (Å²) in [4.78, 5) is 18.1. The molecule has 2 heterocycles. The van der Waals surface area contributed by atoms with E-state index in [1.807, 2.05) is 17.2 Å². The molecule has 1 unspecified atom stereocenters. The van der Waals surface area contributed by atoms with Gasteiger partial charge in [0, 0.05) is 44.5 Å². The lowest BCUT2D eigenvalue weighted by Gasteiger charge is -2.27. The minimum absolute atomic E-state index is 0.239. The minimum atomic E-state index is 0.239. The van der Waals surface area contributed by atoms with Crippen LogP contribution in [0.25, 0.3) is 0 Å². The Balaban J connectivity index is 1.69. The van der Waals surface area contributed by atoms with E-state index in [2.05, 4.69) is 23.3 Å². The van der Waals surface area contributed by atoms with E-state index in [1.165, 1.54) is 6.42 Å². The van der Waals surface area contributed by atoms with E-state index in [1.54, 1.807) is 6.20 Å². The van der Waals surface area contributed by atoms with Gasteiger partial charge in [0.1, 0.15) is 0 Å². The zero-order valence-electron chi connectivity index (χ0n) is 11.6. The van der Waals surface area contributed by atoms with Gasteiger partial charge in [-0.1, -0.05) is 6.07 Å². The molecule has 4 heteroatoms. The summed E-state index contributed by atoms with van der Waals surface area (Å²) in [6, 6.07) is 4.23. The van der Waals surface area contributed by atoms with Crippen molar-refractivity contribution in [1.29, 1.82) is 0 Å². The highest BCUT2D eigenvalue weighted by Crippen LogP contribution is 2.11. The Bertz CT molecular complexity index is 388. The molecule has 1 aromatic heterocycles. The van der Waals surface area contributed by atoms with Gasteiger partial charge >= 0.3 is 0 Å². The van der Waals surface area contributed by atoms with Gasteiger partial charge in [-0.3, -0.25) is 9.78 Å². The standard InChI is InChI=1S/C15H23N3O/c1-13(14-6-5-8-16-12-14)17-9-7-15(19)18-10-3-2-4-11-18/h5-6,8,12-13,17H,2-4,7,9-11H2,1H3. The molecular weight excluding hydrogens is 238 g/mol. The molecule has 1 N–H and O–H groups in total. The summed E-state index contributed by atoms with van der Waals surface area (Å²) in [6.07, 6.45) is 7.81. The summed E-state index contributed by atoms with van der Waals surface area (Å²) in [5, 5.41) is 3.38. The molecule has 1 fully saturated rings. The van der Waals surface area contributed by atoms with Crippen LogP contribution in [0.2, 0.25) is 0 Å². The number of rotatable bonds is 5. The summed E-state index contributed by atoms with van der Waals surface area (Å²) in [7, 11) is 0. The van der Waals surface area contributed by atoms with E-state index in [-0.39, 0.29) is 11.9 Å². The van der Waals surface area contributed by atoms with Gasteiger partial charge in [-0.05, 0) is 37.8 Å². The second kappa shape index (κ2) is 7.24. The molecule has 0 aromatic carbocycles. The lowest BCUT2D eigenvalue weighted by atomic mass is 10.1. The predicted octanol–water partition coefficient (Wildman–Crippen LogP) is 2.13. The fourth-order valence-corrected chi connectivity index (χ4v) is 2.45. The summed E-state index contributed by atoms with van der Waals surface area (Å²) >= 11 is 0. The fourth-order valence-electron chi connectivity index (χ4n) is 2.45. The normalized spacial score (nSPS) is 17.2. The maximum Gasteiger partial charge on any atom is 0.223 e. The van der Waals surface area contributed by atoms with Crippen molar-refractivity contribution in [2.24, 2.45) is 0 Å². The number of likely N-dealkylation sites (tertiary alicyclic amines) is 1. The van der Waals surface area contributed by atoms with Crippen molar-refractivity contribution in [3.05, 3.63) is 30.1 Å². The topological polar surface area (TPSA) is 45.2 Å². The minimum Gasteiger partial charge on any atom is -0.343 e. The number of amides is 1. The predicted molar refractivity (Wildman–Crippen MR) is 75.7 cm³/mol. The number of hydrogen-bond donors (Lipinski definition) is 1. The van der Waals surface area contributed by atoms with E-state index in [9.17, 15) is 4.79 Å². The third-order valence-corrected chi connectivity index (χ3v) is 3.68. The molecule has 1 amide bonds. The molecule has 19 heavy (non-hydrogen) atoms. The zero-order valence-corrected chi connectivity index (χ0v) is 11.6. The Morgan fingerprint density at radius 2 is 2.21 bits per heavy atom. The number of carbonyl (C=O) groups excluding carboxylic acids is 1. The van der Waals surface area contributed by atoms with E-state index in [0.29, 0.717) is 6.42 Å². The maximum atomic E-state index is 12.0. The third kappa shape index (κ3) is 4.31. The molecule has 1 saturated heterocycles. The highest BCUT2D eigenvalue weighted by Gasteiger charge is 2.16. The molecule has 1 aromatic rings. The molecule has 0 radical (unpaired) electrons. The average molecular weight is 261 g/mol. The summed E-state index contributed by atoms with van der Waals surface area (Å²) in [6.45, 7) is 4.71. The lowest BCUT2D eigenvalue weighted by molar-refractivity contribution is -0.132. The first-order chi connectivity index (χ1) is 9.27. The third-order valence-electron chi connectivity index (χ3n) is 3.68. The van der Waals surface area contributed by atoms with Gasteiger partial charge in [0.25, 0.3) is 0 Å². The van der Waals surface area contributed by atoms with E-state index in [0.717, 1.165) is 38.0 Å². The van der Waals surface area contributed by atoms with Crippen LogP contribution >= 0.6 is 0 Å². The van der Waals surface area contributed by atoms with Crippen LogP contribution in [0, 0.1) is 0 Å². The Morgan fingerprint density at radius 3 is 2.89 bits per heavy atom. The summed E-state index contributed by atoms with van der Waals surface area (Å²) in [5.41, 5.74) is 1.16. The van der Waals surface area contributed by atoms with Crippen LogP contribution in [0.3, 0.4) is 0 Å². The smallest absolute Gasteiger partial charge is 0.223 e. The summed E-state index contributed by atoms with van der Waals surface area (Å²) in [5.74, 6) is 0.283. The highest BCUT2D eigenvalue weighted by atomic mass is 16.2. The lowest BCUT2D eigenvalue weighted by Crippen LogP contribution is -2.37. The van der Waals surface area contributed by atoms with Crippen molar-refractivity contribution < 1.29 is 4.79 Å². The van der Waals surface area contributed by atoms with Crippen LogP contribution in [0.4, 0.5) is 0 Å².